The Hall–Kier alpha value is -2.31. The maximum atomic E-state index is 12.4. The van der Waals surface area contributed by atoms with Crippen LogP contribution < -0.4 is 10.6 Å². The average molecular weight is 372 g/mol. The van der Waals surface area contributed by atoms with E-state index < -0.39 is 0 Å². The zero-order valence-electron chi connectivity index (χ0n) is 15.2. The smallest absolute Gasteiger partial charge is 0.238 e. The van der Waals surface area contributed by atoms with Gasteiger partial charge in [-0.2, -0.15) is 0 Å². The Balaban J connectivity index is 1.99. The van der Waals surface area contributed by atoms with Gasteiger partial charge >= 0.3 is 0 Å². The highest BCUT2D eigenvalue weighted by Gasteiger charge is 2.14. The maximum absolute atomic E-state index is 12.4. The molecule has 0 aliphatic carbocycles. The molecule has 0 aliphatic heterocycles. The van der Waals surface area contributed by atoms with Gasteiger partial charge in [-0.25, -0.2) is 0 Å². The van der Waals surface area contributed by atoms with Crippen LogP contribution in [0.15, 0.2) is 64.4 Å². The largest absolute Gasteiger partial charge is 0.355 e. The van der Waals surface area contributed by atoms with Crippen LogP contribution in [-0.4, -0.2) is 42.9 Å². The van der Waals surface area contributed by atoms with Gasteiger partial charge in [0, 0.05) is 16.3 Å². The summed E-state index contributed by atoms with van der Waals surface area (Å²) in [6.07, 6.45) is 0. The second-order valence-electron chi connectivity index (χ2n) is 5.72. The zero-order chi connectivity index (χ0) is 18.8. The predicted octanol–water partition coefficient (Wildman–Crippen LogP) is 3.23. The highest BCUT2D eigenvalue weighted by atomic mass is 32.2. The van der Waals surface area contributed by atoms with Crippen LogP contribution in [0.2, 0.25) is 0 Å². The number of carbonyl (C=O) groups is 2. The van der Waals surface area contributed by atoms with Crippen molar-refractivity contribution in [1.82, 2.24) is 10.2 Å². The van der Waals surface area contributed by atoms with Gasteiger partial charge in [0.2, 0.25) is 11.8 Å². The summed E-state index contributed by atoms with van der Waals surface area (Å²) >= 11 is 1.61. The molecule has 0 bridgehead atoms. The minimum atomic E-state index is -0.128. The second-order valence-corrected chi connectivity index (χ2v) is 6.83. The molecule has 26 heavy (non-hydrogen) atoms. The zero-order valence-corrected chi connectivity index (χ0v) is 16.0. The third-order valence-electron chi connectivity index (χ3n) is 3.69. The summed E-state index contributed by atoms with van der Waals surface area (Å²) < 4.78 is 0. The standard InChI is InChI=1S/C20H25N3O2S/c1-3-21-19(24)14-23(4-2)15-20(25)22-17-12-8-9-13-18(17)26-16-10-6-5-7-11-16/h5-13H,3-4,14-15H2,1-2H3,(H,21,24)(H,22,25). The van der Waals surface area contributed by atoms with Crippen molar-refractivity contribution in [2.24, 2.45) is 0 Å². The number of anilines is 1. The van der Waals surface area contributed by atoms with Gasteiger partial charge in [0.25, 0.3) is 0 Å². The number of para-hydroxylation sites is 1. The van der Waals surface area contributed by atoms with E-state index in [9.17, 15) is 9.59 Å². The van der Waals surface area contributed by atoms with Crippen molar-refractivity contribution in [2.45, 2.75) is 23.6 Å². The molecule has 2 aromatic carbocycles. The molecule has 2 rings (SSSR count). The number of benzene rings is 2. The fourth-order valence-electron chi connectivity index (χ4n) is 2.40. The molecule has 2 aromatic rings. The molecule has 0 saturated heterocycles. The van der Waals surface area contributed by atoms with Crippen LogP contribution >= 0.6 is 11.8 Å². The lowest BCUT2D eigenvalue weighted by molar-refractivity contribution is -0.123. The lowest BCUT2D eigenvalue weighted by atomic mass is 10.3. The van der Waals surface area contributed by atoms with E-state index >= 15 is 0 Å². The first-order valence-electron chi connectivity index (χ1n) is 8.73. The van der Waals surface area contributed by atoms with Crippen LogP contribution in [0.4, 0.5) is 5.69 Å². The van der Waals surface area contributed by atoms with Crippen LogP contribution in [0.1, 0.15) is 13.8 Å². The Morgan fingerprint density at radius 3 is 2.27 bits per heavy atom. The lowest BCUT2D eigenvalue weighted by Gasteiger charge is -2.19. The van der Waals surface area contributed by atoms with E-state index in [1.54, 1.807) is 11.8 Å². The number of nitrogens with zero attached hydrogens (tertiary/aromatic N) is 1. The molecule has 0 radical (unpaired) electrons. The molecule has 6 heteroatoms. The molecule has 0 unspecified atom stereocenters. The minimum Gasteiger partial charge on any atom is -0.355 e. The van der Waals surface area contributed by atoms with Crippen LogP contribution in [0.25, 0.3) is 0 Å². The van der Waals surface area contributed by atoms with E-state index in [0.29, 0.717) is 13.1 Å². The van der Waals surface area contributed by atoms with Gasteiger partial charge in [0.05, 0.1) is 18.8 Å². The first-order valence-corrected chi connectivity index (χ1v) is 9.54. The van der Waals surface area contributed by atoms with Gasteiger partial charge in [-0.05, 0) is 37.7 Å². The van der Waals surface area contributed by atoms with Gasteiger partial charge in [-0.15, -0.1) is 0 Å². The van der Waals surface area contributed by atoms with Gasteiger partial charge < -0.3 is 10.6 Å². The molecular formula is C20H25N3O2S. The Labute approximate surface area is 159 Å². The summed E-state index contributed by atoms with van der Waals surface area (Å²) in [7, 11) is 0. The molecule has 138 valence electrons. The topological polar surface area (TPSA) is 61.4 Å². The van der Waals surface area contributed by atoms with E-state index in [-0.39, 0.29) is 24.9 Å². The Morgan fingerprint density at radius 2 is 1.58 bits per heavy atom. The second kappa shape index (κ2) is 10.6. The molecule has 2 amide bonds. The van der Waals surface area contributed by atoms with Crippen LogP contribution in [-0.2, 0) is 9.59 Å². The maximum Gasteiger partial charge on any atom is 0.238 e. The number of hydrogen-bond donors (Lipinski definition) is 2. The van der Waals surface area contributed by atoms with Crippen molar-refractivity contribution in [3.63, 3.8) is 0 Å². The average Bonchev–Trinajstić information content (AvgIpc) is 2.64. The summed E-state index contributed by atoms with van der Waals surface area (Å²) in [5.41, 5.74) is 0.778. The molecule has 0 aromatic heterocycles. The van der Waals surface area contributed by atoms with Crippen molar-refractivity contribution in [3.8, 4) is 0 Å². The van der Waals surface area contributed by atoms with E-state index in [4.69, 9.17) is 0 Å². The van der Waals surface area contributed by atoms with Crippen molar-refractivity contribution in [1.29, 1.82) is 0 Å². The van der Waals surface area contributed by atoms with Crippen LogP contribution in [0.5, 0.6) is 0 Å². The highest BCUT2D eigenvalue weighted by molar-refractivity contribution is 7.99. The fraction of sp³-hybridized carbons (Fsp3) is 0.300. The third-order valence-corrected chi connectivity index (χ3v) is 4.77. The van der Waals surface area contributed by atoms with Crippen LogP contribution in [0, 0.1) is 0 Å². The number of likely N-dealkylation sites (N-methyl/N-ethyl adjacent to an activating group) is 2. The quantitative estimate of drug-likeness (QED) is 0.710. The van der Waals surface area contributed by atoms with Crippen molar-refractivity contribution >= 4 is 29.3 Å². The van der Waals surface area contributed by atoms with Gasteiger partial charge in [-0.3, -0.25) is 14.5 Å². The molecule has 0 saturated carbocycles. The molecule has 5 nitrogen and oxygen atoms in total. The number of hydrogen-bond acceptors (Lipinski definition) is 4. The number of carbonyl (C=O) groups excluding carboxylic acids is 2. The summed E-state index contributed by atoms with van der Waals surface area (Å²) in [5.74, 6) is -0.195. The van der Waals surface area contributed by atoms with Crippen molar-refractivity contribution < 1.29 is 9.59 Å². The van der Waals surface area contributed by atoms with Gasteiger partial charge in [0.15, 0.2) is 0 Å². The van der Waals surface area contributed by atoms with Gasteiger partial charge in [0.1, 0.15) is 0 Å². The lowest BCUT2D eigenvalue weighted by Crippen LogP contribution is -2.41. The number of amides is 2. The molecule has 0 aliphatic rings. The Bertz CT molecular complexity index is 722. The van der Waals surface area contributed by atoms with E-state index in [2.05, 4.69) is 10.6 Å². The molecule has 0 heterocycles. The monoisotopic (exact) mass is 371 g/mol. The third kappa shape index (κ3) is 6.54. The molecular weight excluding hydrogens is 346 g/mol. The van der Waals surface area contributed by atoms with Crippen molar-refractivity contribution in [2.75, 3.05) is 31.5 Å². The fourth-order valence-corrected chi connectivity index (χ4v) is 3.33. The Kier molecular flexibility index (Phi) is 8.18. The molecule has 0 spiro atoms. The molecule has 2 N–H and O–H groups in total. The SMILES string of the molecule is CCNC(=O)CN(CC)CC(=O)Nc1ccccc1Sc1ccccc1. The van der Waals surface area contributed by atoms with Gasteiger partial charge in [-0.1, -0.05) is 49.0 Å². The highest BCUT2D eigenvalue weighted by Crippen LogP contribution is 2.33. The summed E-state index contributed by atoms with van der Waals surface area (Å²) in [5, 5.41) is 5.72. The van der Waals surface area contributed by atoms with Crippen molar-refractivity contribution in [3.05, 3.63) is 54.6 Å². The summed E-state index contributed by atoms with van der Waals surface area (Å²) in [4.78, 5) is 28.1. The Morgan fingerprint density at radius 1 is 0.923 bits per heavy atom. The summed E-state index contributed by atoms with van der Waals surface area (Å²) in [6, 6.07) is 17.8. The van der Waals surface area contributed by atoms with E-state index in [1.807, 2.05) is 73.3 Å². The molecule has 0 atom stereocenters. The van der Waals surface area contributed by atoms with Crippen LogP contribution in [0.3, 0.4) is 0 Å². The summed E-state index contributed by atoms with van der Waals surface area (Å²) in [6.45, 7) is 5.43. The first kappa shape index (κ1) is 20.0. The van der Waals surface area contributed by atoms with E-state index in [0.717, 1.165) is 15.5 Å². The number of nitrogens with one attached hydrogen (secondary N) is 2. The minimum absolute atomic E-state index is 0.0674. The normalized spacial score (nSPS) is 10.6. The first-order chi connectivity index (χ1) is 12.6. The predicted molar refractivity (Wildman–Crippen MR) is 106 cm³/mol. The molecule has 0 fully saturated rings. The number of rotatable bonds is 9. The van der Waals surface area contributed by atoms with E-state index in [1.165, 1.54) is 0 Å².